The molecule has 0 aliphatic rings. The minimum Gasteiger partial charge on any atom is -0.254 e. The Morgan fingerprint density at radius 3 is 1.42 bits per heavy atom. The summed E-state index contributed by atoms with van der Waals surface area (Å²) in [4.78, 5) is 24.9. The van der Waals surface area contributed by atoms with Crippen molar-refractivity contribution in [3.63, 3.8) is 0 Å². The molecular weight excluding hydrogens is 635 g/mol. The van der Waals surface area contributed by atoms with Crippen molar-refractivity contribution >= 4 is 10.9 Å². The Hall–Kier alpha value is -7.11. The Balaban J connectivity index is 1.04. The molecule has 52 heavy (non-hydrogen) atoms. The molecule has 0 saturated heterocycles. The van der Waals surface area contributed by atoms with Crippen LogP contribution < -0.4 is 0 Å². The molecule has 0 bridgehead atoms. The van der Waals surface area contributed by atoms with E-state index in [-0.39, 0.29) is 0 Å². The number of fused-ring (bicyclic) bond motifs is 1. The van der Waals surface area contributed by atoms with Crippen LogP contribution in [0.2, 0.25) is 0 Å². The lowest BCUT2D eigenvalue weighted by Gasteiger charge is -2.11. The fourth-order valence-electron chi connectivity index (χ4n) is 6.42. The number of rotatable bonds is 7. The maximum atomic E-state index is 5.07. The molecule has 0 amide bonds. The van der Waals surface area contributed by atoms with E-state index in [1.807, 2.05) is 79.0 Å². The quantitative estimate of drug-likeness (QED) is 0.169. The molecule has 244 valence electrons. The largest absolute Gasteiger partial charge is 0.254 e. The van der Waals surface area contributed by atoms with Gasteiger partial charge in [-0.2, -0.15) is 0 Å². The van der Waals surface area contributed by atoms with Crippen molar-refractivity contribution in [2.24, 2.45) is 0 Å². The van der Waals surface area contributed by atoms with E-state index >= 15 is 0 Å². The highest BCUT2D eigenvalue weighted by Gasteiger charge is 2.13. The minimum atomic E-state index is 0.682. The third kappa shape index (κ3) is 6.35. The Morgan fingerprint density at radius 1 is 0.269 bits per heavy atom. The van der Waals surface area contributed by atoms with Gasteiger partial charge < -0.3 is 0 Å². The van der Waals surface area contributed by atoms with Crippen LogP contribution in [0, 0.1) is 0 Å². The summed E-state index contributed by atoms with van der Waals surface area (Å²) in [5.74, 6) is 0.682. The van der Waals surface area contributed by atoms with E-state index in [4.69, 9.17) is 24.9 Å². The Bertz CT molecular complexity index is 2580. The molecule has 0 fully saturated rings. The summed E-state index contributed by atoms with van der Waals surface area (Å²) in [5.41, 5.74) is 13.2. The first-order chi connectivity index (χ1) is 25.7. The van der Waals surface area contributed by atoms with Gasteiger partial charge in [-0.05, 0) is 53.1 Å². The molecule has 0 unspecified atom stereocenters. The number of hydrogen-bond acceptors (Lipinski definition) is 5. The van der Waals surface area contributed by atoms with Crippen molar-refractivity contribution in [3.8, 4) is 78.9 Å². The SMILES string of the molecule is c1ccc(-c2cc(-c3ccc(-c4ccc(-c5nc(-c6ccccc6)cc(-c6ccccc6)n5)cc4)cn3)nc(-c3ccc4ccccc4n3)c2)cc1. The Labute approximate surface area is 302 Å². The van der Waals surface area contributed by atoms with Crippen molar-refractivity contribution in [2.75, 3.05) is 0 Å². The molecule has 0 saturated carbocycles. The van der Waals surface area contributed by atoms with Crippen molar-refractivity contribution in [3.05, 3.63) is 188 Å². The van der Waals surface area contributed by atoms with Crippen LogP contribution in [0.1, 0.15) is 0 Å². The molecule has 0 radical (unpaired) electrons. The standard InChI is InChI=1S/C47H31N5/c1-4-12-32(13-5-1)39-28-45(50-46(29-39)42-27-24-36-18-10-11-19-40(36)49-42)41-26-25-38(31-48-41)33-20-22-37(23-21-33)47-51-43(34-14-6-2-7-15-34)30-44(52-47)35-16-8-3-9-17-35/h1-31H. The van der Waals surface area contributed by atoms with Gasteiger partial charge in [0.15, 0.2) is 5.82 Å². The van der Waals surface area contributed by atoms with E-state index in [2.05, 4.69) is 109 Å². The monoisotopic (exact) mass is 665 g/mol. The number of para-hydroxylation sites is 1. The molecule has 5 nitrogen and oxygen atoms in total. The highest BCUT2D eigenvalue weighted by Crippen LogP contribution is 2.32. The molecule has 4 aromatic heterocycles. The van der Waals surface area contributed by atoms with Gasteiger partial charge in [0.1, 0.15) is 0 Å². The lowest BCUT2D eigenvalue weighted by molar-refractivity contribution is 1.18. The van der Waals surface area contributed by atoms with E-state index in [1.54, 1.807) is 0 Å². The summed E-state index contributed by atoms with van der Waals surface area (Å²) in [7, 11) is 0. The summed E-state index contributed by atoms with van der Waals surface area (Å²) in [5, 5.41) is 1.10. The lowest BCUT2D eigenvalue weighted by atomic mass is 10.0. The van der Waals surface area contributed by atoms with Gasteiger partial charge in [0, 0.05) is 33.8 Å². The second-order valence-electron chi connectivity index (χ2n) is 12.6. The fraction of sp³-hybridized carbons (Fsp3) is 0. The van der Waals surface area contributed by atoms with Crippen LogP contribution in [0.25, 0.3) is 89.8 Å². The van der Waals surface area contributed by atoms with Gasteiger partial charge >= 0.3 is 0 Å². The maximum absolute atomic E-state index is 5.07. The third-order valence-corrected chi connectivity index (χ3v) is 9.16. The summed E-state index contributed by atoms with van der Waals surface area (Å²) in [6.07, 6.45) is 1.91. The van der Waals surface area contributed by atoms with Crippen LogP contribution in [0.3, 0.4) is 0 Å². The molecule has 0 aliphatic carbocycles. The lowest BCUT2D eigenvalue weighted by Crippen LogP contribution is -1.96. The minimum absolute atomic E-state index is 0.682. The topological polar surface area (TPSA) is 64.5 Å². The second kappa shape index (κ2) is 13.7. The normalized spacial score (nSPS) is 11.1. The van der Waals surface area contributed by atoms with E-state index in [0.717, 1.165) is 84.0 Å². The number of hydrogen-bond donors (Lipinski definition) is 0. The van der Waals surface area contributed by atoms with Gasteiger partial charge in [0.2, 0.25) is 0 Å². The van der Waals surface area contributed by atoms with Gasteiger partial charge in [-0.3, -0.25) is 4.98 Å². The molecule has 5 heteroatoms. The van der Waals surface area contributed by atoms with Crippen LogP contribution >= 0.6 is 0 Å². The smallest absolute Gasteiger partial charge is 0.160 e. The molecule has 0 spiro atoms. The summed E-state index contributed by atoms with van der Waals surface area (Å²) >= 11 is 0. The van der Waals surface area contributed by atoms with Crippen LogP contribution in [0.5, 0.6) is 0 Å². The summed E-state index contributed by atoms with van der Waals surface area (Å²) in [6.45, 7) is 0. The summed E-state index contributed by atoms with van der Waals surface area (Å²) < 4.78 is 0. The number of aromatic nitrogens is 5. The van der Waals surface area contributed by atoms with E-state index < -0.39 is 0 Å². The number of nitrogens with zero attached hydrogens (tertiary/aromatic N) is 5. The van der Waals surface area contributed by atoms with Crippen molar-refractivity contribution in [2.45, 2.75) is 0 Å². The molecule has 4 heterocycles. The second-order valence-corrected chi connectivity index (χ2v) is 12.6. The number of benzene rings is 5. The average Bonchev–Trinajstić information content (AvgIpc) is 3.24. The van der Waals surface area contributed by atoms with Crippen LogP contribution in [-0.2, 0) is 0 Å². The molecule has 5 aromatic carbocycles. The summed E-state index contributed by atoms with van der Waals surface area (Å²) in [6, 6.07) is 61.9. The van der Waals surface area contributed by atoms with Gasteiger partial charge in [-0.1, -0.05) is 146 Å². The molecule has 9 aromatic rings. The Morgan fingerprint density at radius 2 is 0.788 bits per heavy atom. The highest BCUT2D eigenvalue weighted by atomic mass is 14.9. The predicted octanol–water partition coefficient (Wildman–Crippen LogP) is 11.5. The van der Waals surface area contributed by atoms with E-state index in [1.165, 1.54) is 0 Å². The maximum Gasteiger partial charge on any atom is 0.160 e. The first-order valence-electron chi connectivity index (χ1n) is 17.2. The molecule has 0 aliphatic heterocycles. The van der Waals surface area contributed by atoms with Crippen LogP contribution in [0.15, 0.2) is 188 Å². The van der Waals surface area contributed by atoms with Gasteiger partial charge in [-0.25, -0.2) is 19.9 Å². The van der Waals surface area contributed by atoms with Gasteiger partial charge in [0.25, 0.3) is 0 Å². The predicted molar refractivity (Wildman–Crippen MR) is 211 cm³/mol. The van der Waals surface area contributed by atoms with Crippen LogP contribution in [0.4, 0.5) is 0 Å². The highest BCUT2D eigenvalue weighted by molar-refractivity contribution is 5.83. The number of pyridine rings is 3. The third-order valence-electron chi connectivity index (χ3n) is 9.16. The first kappa shape index (κ1) is 30.9. The van der Waals surface area contributed by atoms with E-state index in [0.29, 0.717) is 5.82 Å². The zero-order chi connectivity index (χ0) is 34.7. The Kier molecular flexibility index (Phi) is 8.12. The van der Waals surface area contributed by atoms with Gasteiger partial charge in [-0.15, -0.1) is 0 Å². The zero-order valence-electron chi connectivity index (χ0n) is 28.1. The van der Waals surface area contributed by atoms with Crippen molar-refractivity contribution < 1.29 is 0 Å². The zero-order valence-corrected chi connectivity index (χ0v) is 28.1. The first-order valence-corrected chi connectivity index (χ1v) is 17.2. The van der Waals surface area contributed by atoms with Crippen molar-refractivity contribution in [1.82, 2.24) is 24.9 Å². The molecule has 0 N–H and O–H groups in total. The molecule has 9 rings (SSSR count). The van der Waals surface area contributed by atoms with Crippen LogP contribution in [-0.4, -0.2) is 24.9 Å². The van der Waals surface area contributed by atoms with Crippen molar-refractivity contribution in [1.29, 1.82) is 0 Å². The average molecular weight is 666 g/mol. The molecule has 0 atom stereocenters. The van der Waals surface area contributed by atoms with E-state index in [9.17, 15) is 0 Å². The molecular formula is C47H31N5. The fourth-order valence-corrected chi connectivity index (χ4v) is 6.42. The van der Waals surface area contributed by atoms with Gasteiger partial charge in [0.05, 0.1) is 39.7 Å².